The van der Waals surface area contributed by atoms with E-state index in [1.807, 2.05) is 13.8 Å². The van der Waals surface area contributed by atoms with Gasteiger partial charge in [0.1, 0.15) is 5.75 Å². The Morgan fingerprint density at radius 3 is 2.43 bits per heavy atom. The SMILES string of the molecule is CC(C)NCc1nnc(-c2ccc(OC(F)(F)F)cc2)o1. The number of hydrogen-bond acceptors (Lipinski definition) is 5. The summed E-state index contributed by atoms with van der Waals surface area (Å²) in [7, 11) is 0. The maximum Gasteiger partial charge on any atom is 0.573 e. The fraction of sp³-hybridized carbons (Fsp3) is 0.385. The molecule has 0 aliphatic rings. The van der Waals surface area contributed by atoms with E-state index in [0.717, 1.165) is 0 Å². The molecule has 8 heteroatoms. The molecule has 5 nitrogen and oxygen atoms in total. The van der Waals surface area contributed by atoms with E-state index in [2.05, 4.69) is 20.3 Å². The summed E-state index contributed by atoms with van der Waals surface area (Å²) in [5.74, 6) is 0.357. The van der Waals surface area contributed by atoms with Crippen LogP contribution in [0.4, 0.5) is 13.2 Å². The first-order valence-corrected chi connectivity index (χ1v) is 6.25. The first-order valence-electron chi connectivity index (χ1n) is 6.25. The van der Waals surface area contributed by atoms with Gasteiger partial charge in [-0.25, -0.2) is 0 Å². The van der Waals surface area contributed by atoms with Gasteiger partial charge in [-0.2, -0.15) is 0 Å². The predicted molar refractivity (Wildman–Crippen MR) is 68.4 cm³/mol. The van der Waals surface area contributed by atoms with Gasteiger partial charge in [-0.05, 0) is 24.3 Å². The van der Waals surface area contributed by atoms with Crippen LogP contribution in [-0.2, 0) is 6.54 Å². The van der Waals surface area contributed by atoms with Crippen LogP contribution in [0.1, 0.15) is 19.7 Å². The van der Waals surface area contributed by atoms with Gasteiger partial charge in [0.15, 0.2) is 0 Å². The van der Waals surface area contributed by atoms with Crippen molar-refractivity contribution in [1.29, 1.82) is 0 Å². The fourth-order valence-corrected chi connectivity index (χ4v) is 1.53. The lowest BCUT2D eigenvalue weighted by molar-refractivity contribution is -0.274. The predicted octanol–water partition coefficient (Wildman–Crippen LogP) is 3.13. The van der Waals surface area contributed by atoms with Crippen molar-refractivity contribution in [2.75, 3.05) is 0 Å². The zero-order valence-electron chi connectivity index (χ0n) is 11.4. The van der Waals surface area contributed by atoms with Crippen LogP contribution in [0, 0.1) is 0 Å². The first-order chi connectivity index (χ1) is 9.83. The molecule has 0 spiro atoms. The van der Waals surface area contributed by atoms with Crippen LogP contribution in [-0.4, -0.2) is 22.6 Å². The molecule has 0 aliphatic carbocycles. The summed E-state index contributed by atoms with van der Waals surface area (Å²) < 4.78 is 45.3. The smallest absolute Gasteiger partial charge is 0.419 e. The van der Waals surface area contributed by atoms with Gasteiger partial charge in [0, 0.05) is 11.6 Å². The van der Waals surface area contributed by atoms with Gasteiger partial charge in [-0.1, -0.05) is 13.8 Å². The average Bonchev–Trinajstić information content (AvgIpc) is 2.84. The summed E-state index contributed by atoms with van der Waals surface area (Å²) in [4.78, 5) is 0. The molecule has 1 aromatic heterocycles. The van der Waals surface area contributed by atoms with Gasteiger partial charge in [-0.15, -0.1) is 23.4 Å². The molecule has 0 aliphatic heterocycles. The van der Waals surface area contributed by atoms with E-state index in [1.165, 1.54) is 24.3 Å². The van der Waals surface area contributed by atoms with Gasteiger partial charge >= 0.3 is 6.36 Å². The van der Waals surface area contributed by atoms with Crippen molar-refractivity contribution < 1.29 is 22.3 Å². The van der Waals surface area contributed by atoms with Crippen LogP contribution < -0.4 is 10.1 Å². The van der Waals surface area contributed by atoms with Gasteiger partial charge in [0.2, 0.25) is 11.8 Å². The zero-order chi connectivity index (χ0) is 15.5. The largest absolute Gasteiger partial charge is 0.573 e. The molecule has 0 saturated carbocycles. The number of ether oxygens (including phenoxy) is 1. The standard InChI is InChI=1S/C13H14F3N3O2/c1-8(2)17-7-11-18-19-12(20-11)9-3-5-10(6-4-9)21-13(14,15)16/h3-6,8,17H,7H2,1-2H3. The maximum absolute atomic E-state index is 12.0. The highest BCUT2D eigenvalue weighted by molar-refractivity contribution is 5.53. The van der Waals surface area contributed by atoms with Gasteiger partial charge in [-0.3, -0.25) is 0 Å². The van der Waals surface area contributed by atoms with Gasteiger partial charge in [0.05, 0.1) is 6.54 Å². The van der Waals surface area contributed by atoms with E-state index in [9.17, 15) is 13.2 Å². The van der Waals surface area contributed by atoms with E-state index in [4.69, 9.17) is 4.42 Å². The Morgan fingerprint density at radius 1 is 1.19 bits per heavy atom. The third kappa shape index (κ3) is 4.75. The quantitative estimate of drug-likeness (QED) is 0.919. The Balaban J connectivity index is 2.05. The summed E-state index contributed by atoms with van der Waals surface area (Å²) in [6.45, 7) is 4.40. The molecule has 0 fully saturated rings. The van der Waals surface area contributed by atoms with Crippen LogP contribution >= 0.6 is 0 Å². The number of benzene rings is 1. The van der Waals surface area contributed by atoms with E-state index in [-0.39, 0.29) is 17.7 Å². The molecule has 2 rings (SSSR count). The van der Waals surface area contributed by atoms with Crippen LogP contribution in [0.25, 0.3) is 11.5 Å². The van der Waals surface area contributed by atoms with Crippen LogP contribution in [0.2, 0.25) is 0 Å². The number of aromatic nitrogens is 2. The van der Waals surface area contributed by atoms with Crippen molar-refractivity contribution in [3.63, 3.8) is 0 Å². The monoisotopic (exact) mass is 301 g/mol. The Hall–Kier alpha value is -2.09. The Morgan fingerprint density at radius 2 is 1.86 bits per heavy atom. The van der Waals surface area contributed by atoms with Crippen molar-refractivity contribution in [3.05, 3.63) is 30.2 Å². The summed E-state index contributed by atoms with van der Waals surface area (Å²) in [6.07, 6.45) is -4.71. The summed E-state index contributed by atoms with van der Waals surface area (Å²) in [5, 5.41) is 10.8. The molecule has 21 heavy (non-hydrogen) atoms. The molecular weight excluding hydrogens is 287 g/mol. The molecule has 0 amide bonds. The second-order valence-corrected chi connectivity index (χ2v) is 4.61. The van der Waals surface area contributed by atoms with Crippen molar-refractivity contribution in [2.45, 2.75) is 32.8 Å². The third-order valence-corrected chi connectivity index (χ3v) is 2.46. The van der Waals surface area contributed by atoms with E-state index >= 15 is 0 Å². The van der Waals surface area contributed by atoms with Crippen LogP contribution in [0.3, 0.4) is 0 Å². The number of alkyl halides is 3. The molecule has 114 valence electrons. The van der Waals surface area contributed by atoms with Gasteiger partial charge < -0.3 is 14.5 Å². The van der Waals surface area contributed by atoms with Crippen molar-refractivity contribution >= 4 is 0 Å². The number of nitrogens with one attached hydrogen (secondary N) is 1. The highest BCUT2D eigenvalue weighted by Gasteiger charge is 2.31. The molecule has 0 saturated heterocycles. The Labute approximate surface area is 119 Å². The highest BCUT2D eigenvalue weighted by Crippen LogP contribution is 2.25. The molecule has 1 N–H and O–H groups in total. The van der Waals surface area contributed by atoms with E-state index in [1.54, 1.807) is 0 Å². The molecular formula is C13H14F3N3O2. The Bertz CT molecular complexity index is 579. The number of nitrogens with zero attached hydrogens (tertiary/aromatic N) is 2. The van der Waals surface area contributed by atoms with Gasteiger partial charge in [0.25, 0.3) is 0 Å². The van der Waals surface area contributed by atoms with Crippen LogP contribution in [0.5, 0.6) is 5.75 Å². The maximum atomic E-state index is 12.0. The topological polar surface area (TPSA) is 60.2 Å². The first kappa shape index (κ1) is 15.3. The molecule has 1 heterocycles. The summed E-state index contributed by atoms with van der Waals surface area (Å²) >= 11 is 0. The number of rotatable bonds is 5. The molecule has 1 aromatic carbocycles. The molecule has 0 unspecified atom stereocenters. The molecule has 0 atom stereocenters. The second-order valence-electron chi connectivity index (χ2n) is 4.61. The van der Waals surface area contributed by atoms with Crippen molar-refractivity contribution in [1.82, 2.24) is 15.5 Å². The minimum atomic E-state index is -4.71. The second kappa shape index (κ2) is 6.13. The summed E-state index contributed by atoms with van der Waals surface area (Å²) in [5.41, 5.74) is 0.521. The minimum Gasteiger partial charge on any atom is -0.419 e. The minimum absolute atomic E-state index is 0.245. The number of halogens is 3. The lowest BCUT2D eigenvalue weighted by Crippen LogP contribution is -2.21. The van der Waals surface area contributed by atoms with E-state index in [0.29, 0.717) is 18.0 Å². The zero-order valence-corrected chi connectivity index (χ0v) is 11.4. The molecule has 0 radical (unpaired) electrons. The van der Waals surface area contributed by atoms with Crippen molar-refractivity contribution in [2.24, 2.45) is 0 Å². The third-order valence-electron chi connectivity index (χ3n) is 2.46. The number of hydrogen-bond donors (Lipinski definition) is 1. The normalized spacial score (nSPS) is 11.9. The van der Waals surface area contributed by atoms with Crippen molar-refractivity contribution in [3.8, 4) is 17.2 Å². The lowest BCUT2D eigenvalue weighted by Gasteiger charge is -2.08. The molecule has 0 bridgehead atoms. The highest BCUT2D eigenvalue weighted by atomic mass is 19.4. The summed E-state index contributed by atoms with van der Waals surface area (Å²) in [6, 6.07) is 5.51. The Kier molecular flexibility index (Phi) is 4.46. The average molecular weight is 301 g/mol. The molecule has 2 aromatic rings. The van der Waals surface area contributed by atoms with E-state index < -0.39 is 6.36 Å². The lowest BCUT2D eigenvalue weighted by atomic mass is 10.2. The van der Waals surface area contributed by atoms with Crippen LogP contribution in [0.15, 0.2) is 28.7 Å². The fourth-order valence-electron chi connectivity index (χ4n) is 1.53.